The third kappa shape index (κ3) is 3.64. The molecule has 0 aliphatic heterocycles. The Morgan fingerprint density at radius 2 is 1.20 bits per heavy atom. The van der Waals surface area contributed by atoms with Gasteiger partial charge in [-0.05, 0) is 0 Å². The van der Waals surface area contributed by atoms with Gasteiger partial charge in [-0.25, -0.2) is 0 Å². The van der Waals surface area contributed by atoms with E-state index in [2.05, 4.69) is 61.7 Å². The Hall–Kier alpha value is 0.0769. The van der Waals surface area contributed by atoms with E-state index in [9.17, 15) is 0 Å². The van der Waals surface area contributed by atoms with Crippen LogP contribution in [0.25, 0.3) is 0 Å². The van der Waals surface area contributed by atoms with Crippen molar-refractivity contribution in [3.05, 3.63) is 47.5 Å². The van der Waals surface area contributed by atoms with Crippen LogP contribution in [0.1, 0.15) is 47.2 Å². The monoisotopic (exact) mass is 394 g/mol. The molecule has 0 nitrogen and oxygen atoms in total. The molecule has 0 N–H and O–H groups in total. The van der Waals surface area contributed by atoms with Crippen molar-refractivity contribution in [1.82, 2.24) is 0 Å². The first-order valence-corrected chi connectivity index (χ1v) is 16.4. The molecule has 0 bridgehead atoms. The summed E-state index contributed by atoms with van der Waals surface area (Å²) < 4.78 is 1.58. The number of hydrogen-bond donors (Lipinski definition) is 0. The molecule has 0 saturated heterocycles. The third-order valence-electron chi connectivity index (χ3n) is 4.21. The van der Waals surface area contributed by atoms with Crippen molar-refractivity contribution in [2.45, 2.75) is 57.9 Å². The van der Waals surface area contributed by atoms with Crippen LogP contribution in [0, 0.1) is 0 Å². The third-order valence-corrected chi connectivity index (χ3v) is 14.9. The number of benzene rings is 1. The van der Waals surface area contributed by atoms with Gasteiger partial charge in [-0.1, -0.05) is 0 Å². The van der Waals surface area contributed by atoms with Crippen molar-refractivity contribution in [2.24, 2.45) is 0 Å². The van der Waals surface area contributed by atoms with Crippen LogP contribution in [0.3, 0.4) is 0 Å². The molecule has 0 aromatic heterocycles. The summed E-state index contributed by atoms with van der Waals surface area (Å²) in [5.41, 5.74) is 8.51. The van der Waals surface area contributed by atoms with Crippen molar-refractivity contribution in [2.75, 3.05) is 0 Å². The second kappa shape index (κ2) is 7.91. The maximum absolute atomic E-state index is 2.60. The molecule has 108 valence electrons. The van der Waals surface area contributed by atoms with Crippen molar-refractivity contribution in [3.63, 3.8) is 0 Å². The Labute approximate surface area is 134 Å². The van der Waals surface area contributed by atoms with E-state index in [1.807, 2.05) is 0 Å². The maximum atomic E-state index is 2.60. The molecule has 0 heterocycles. The summed E-state index contributed by atoms with van der Waals surface area (Å²) >= 11 is -1.48. The van der Waals surface area contributed by atoms with E-state index >= 15 is 0 Å². The zero-order valence-electron chi connectivity index (χ0n) is 13.3. The molecule has 0 fully saturated rings. The first kappa shape index (κ1) is 16.4. The quantitative estimate of drug-likeness (QED) is 0.437. The molecule has 0 spiro atoms. The Kier molecular flexibility index (Phi) is 6.50. The standard InChI is InChI=1S/C18H28As2/c1-5-13-19(3)17-11-12-18(20(4)14-6-2)16-10-8-7-9-15(16)17/h7-12,17-18H,5-6,13-14H2,1-4H3/q+2. The van der Waals surface area contributed by atoms with Gasteiger partial charge in [0.15, 0.2) is 0 Å². The fraction of sp³-hybridized carbons (Fsp3) is 0.556. The minimum atomic E-state index is -0.738. The Morgan fingerprint density at radius 3 is 1.55 bits per heavy atom. The topological polar surface area (TPSA) is 0 Å². The molecule has 4 atom stereocenters. The van der Waals surface area contributed by atoms with E-state index in [0.29, 0.717) is 0 Å². The van der Waals surface area contributed by atoms with Gasteiger partial charge in [0.2, 0.25) is 0 Å². The number of hydrogen-bond acceptors (Lipinski definition) is 0. The second-order valence-corrected chi connectivity index (χ2v) is 16.4. The van der Waals surface area contributed by atoms with Gasteiger partial charge in [-0.15, -0.1) is 0 Å². The minimum absolute atomic E-state index is 0.738. The molecule has 2 rings (SSSR count). The van der Waals surface area contributed by atoms with Crippen LogP contribution in [0.4, 0.5) is 0 Å². The molecule has 1 aliphatic rings. The first-order chi connectivity index (χ1) is 9.69. The number of allylic oxidation sites excluding steroid dienone is 2. The SMILES string of the molecule is CCC[As+](C)C1C=CC([As+](C)CCC)c2ccccc21. The van der Waals surface area contributed by atoms with Gasteiger partial charge in [-0.3, -0.25) is 0 Å². The van der Waals surface area contributed by atoms with E-state index < -0.39 is 29.3 Å². The fourth-order valence-electron chi connectivity index (χ4n) is 3.22. The predicted octanol–water partition coefficient (Wildman–Crippen LogP) is 5.57. The van der Waals surface area contributed by atoms with Gasteiger partial charge in [0.1, 0.15) is 0 Å². The summed E-state index contributed by atoms with van der Waals surface area (Å²) in [6.07, 6.45) is 7.91. The molecule has 1 aromatic rings. The number of fused-ring (bicyclic) bond motifs is 1. The average Bonchev–Trinajstić information content (AvgIpc) is 2.46. The Morgan fingerprint density at radius 1 is 0.800 bits per heavy atom. The van der Waals surface area contributed by atoms with E-state index in [1.54, 1.807) is 11.1 Å². The normalized spacial score (nSPS) is 24.2. The Balaban J connectivity index is 2.29. The van der Waals surface area contributed by atoms with Crippen LogP contribution in [-0.2, 0) is 0 Å². The second-order valence-electron chi connectivity index (χ2n) is 5.86. The van der Waals surface area contributed by atoms with Gasteiger partial charge in [0.05, 0.1) is 0 Å². The van der Waals surface area contributed by atoms with Crippen LogP contribution < -0.4 is 0 Å². The van der Waals surface area contributed by atoms with E-state index in [-0.39, 0.29) is 0 Å². The van der Waals surface area contributed by atoms with Gasteiger partial charge >= 0.3 is 135 Å². The summed E-state index contributed by atoms with van der Waals surface area (Å²) in [4.78, 5) is 0. The van der Waals surface area contributed by atoms with Crippen molar-refractivity contribution < 1.29 is 0 Å². The van der Waals surface area contributed by atoms with Crippen LogP contribution in [0.5, 0.6) is 0 Å². The van der Waals surface area contributed by atoms with Crippen molar-refractivity contribution in [3.8, 4) is 0 Å². The summed E-state index contributed by atoms with van der Waals surface area (Å²) in [6, 6.07) is 9.35. The first-order valence-electron chi connectivity index (χ1n) is 7.86. The fourth-order valence-corrected chi connectivity index (χ4v) is 12.0. The molecular weight excluding hydrogens is 366 g/mol. The predicted molar refractivity (Wildman–Crippen MR) is 94.5 cm³/mol. The van der Waals surface area contributed by atoms with E-state index in [1.165, 1.54) is 23.3 Å². The molecule has 4 unspecified atom stereocenters. The summed E-state index contributed by atoms with van der Waals surface area (Å²) in [6.45, 7) is 4.67. The molecule has 1 aliphatic carbocycles. The number of rotatable bonds is 6. The van der Waals surface area contributed by atoms with Crippen LogP contribution in [-0.4, -0.2) is 29.3 Å². The zero-order valence-corrected chi connectivity index (χ0v) is 17.1. The molecule has 20 heavy (non-hydrogen) atoms. The molecule has 1 aromatic carbocycles. The van der Waals surface area contributed by atoms with Crippen molar-refractivity contribution >= 4 is 29.3 Å². The van der Waals surface area contributed by atoms with E-state index in [4.69, 9.17) is 0 Å². The van der Waals surface area contributed by atoms with Gasteiger partial charge < -0.3 is 0 Å². The molecule has 0 amide bonds. The van der Waals surface area contributed by atoms with Gasteiger partial charge in [-0.2, -0.15) is 0 Å². The summed E-state index contributed by atoms with van der Waals surface area (Å²) in [5, 5.41) is 2.95. The Bertz CT molecular complexity index is 411. The molecular formula is C18H28As2+2. The van der Waals surface area contributed by atoms with Crippen LogP contribution >= 0.6 is 0 Å². The van der Waals surface area contributed by atoms with E-state index in [0.717, 1.165) is 9.41 Å². The molecule has 2 radical (unpaired) electrons. The average molecular weight is 394 g/mol. The van der Waals surface area contributed by atoms with Crippen LogP contribution in [0.2, 0.25) is 21.8 Å². The summed E-state index contributed by atoms with van der Waals surface area (Å²) in [7, 11) is 0. The van der Waals surface area contributed by atoms with Crippen molar-refractivity contribution in [1.29, 1.82) is 0 Å². The van der Waals surface area contributed by atoms with Gasteiger partial charge in [0, 0.05) is 0 Å². The molecule has 2 heteroatoms. The molecule has 0 saturated carbocycles. The zero-order chi connectivity index (χ0) is 14.5. The van der Waals surface area contributed by atoms with Crippen LogP contribution in [0.15, 0.2) is 36.4 Å². The summed E-state index contributed by atoms with van der Waals surface area (Å²) in [5.74, 6) is 0. The van der Waals surface area contributed by atoms with Gasteiger partial charge in [0.25, 0.3) is 0 Å².